The third kappa shape index (κ3) is 13.9. The molecule has 0 saturated carbocycles. The van der Waals surface area contributed by atoms with E-state index in [1.807, 2.05) is 10.9 Å². The molecule has 0 spiro atoms. The molecule has 0 aliphatic carbocycles. The van der Waals surface area contributed by atoms with E-state index in [2.05, 4.69) is 24.4 Å². The van der Waals surface area contributed by atoms with Gasteiger partial charge in [-0.15, -0.1) is 0 Å². The summed E-state index contributed by atoms with van der Waals surface area (Å²) >= 11 is 16.1. The van der Waals surface area contributed by atoms with Crippen LogP contribution in [-0.4, -0.2) is 37.3 Å². The van der Waals surface area contributed by atoms with Crippen LogP contribution in [-0.2, 0) is 9.47 Å². The maximum atomic E-state index is 11.2. The smallest absolute Gasteiger partial charge is 0.426 e. The van der Waals surface area contributed by atoms with Crippen LogP contribution in [0.15, 0.2) is 0 Å². The van der Waals surface area contributed by atoms with Crippen LogP contribution in [0.4, 0.5) is 9.59 Å². The first-order valence-corrected chi connectivity index (χ1v) is 10.3. The van der Waals surface area contributed by atoms with Crippen molar-refractivity contribution in [2.45, 2.75) is 29.5 Å². The summed E-state index contributed by atoms with van der Waals surface area (Å²) in [7, 11) is -1.26. The maximum Gasteiger partial charge on any atom is 0.426 e. The molecule has 0 radical (unpaired) electrons. The lowest BCUT2D eigenvalue weighted by Gasteiger charge is -2.15. The van der Waals surface area contributed by atoms with Crippen molar-refractivity contribution in [3.8, 4) is 0 Å². The molecule has 0 unspecified atom stereocenters. The van der Waals surface area contributed by atoms with Crippen LogP contribution in [0.25, 0.3) is 0 Å². The fourth-order valence-electron chi connectivity index (χ4n) is 0.772. The molecular formula is C9H17Cl3N2O4Si. The number of amides is 2. The van der Waals surface area contributed by atoms with E-state index >= 15 is 0 Å². The zero-order valence-electron chi connectivity index (χ0n) is 10.9. The molecule has 112 valence electrons. The number of ether oxygens (including phenoxy) is 2. The highest BCUT2D eigenvalue weighted by Crippen LogP contribution is 2.25. The third-order valence-corrected chi connectivity index (χ3v) is 3.75. The number of nitrogens with one attached hydrogen (secondary N) is 2. The van der Waals surface area contributed by atoms with Crippen LogP contribution in [0.2, 0.25) is 25.7 Å². The van der Waals surface area contributed by atoms with E-state index in [1.165, 1.54) is 0 Å². The van der Waals surface area contributed by atoms with Gasteiger partial charge in [0, 0.05) is 8.07 Å². The predicted octanol–water partition coefficient (Wildman–Crippen LogP) is 3.06. The van der Waals surface area contributed by atoms with Crippen molar-refractivity contribution in [3.63, 3.8) is 0 Å². The second-order valence-corrected chi connectivity index (χ2v) is 13.0. The topological polar surface area (TPSA) is 76.7 Å². The van der Waals surface area contributed by atoms with E-state index in [0.717, 1.165) is 6.04 Å². The number of halogens is 3. The monoisotopic (exact) mass is 350 g/mol. The highest BCUT2D eigenvalue weighted by molar-refractivity contribution is 6.76. The summed E-state index contributed by atoms with van der Waals surface area (Å²) in [5, 5.41) is 0. The highest BCUT2D eigenvalue weighted by Gasteiger charge is 2.22. The molecule has 2 N–H and O–H groups in total. The van der Waals surface area contributed by atoms with Gasteiger partial charge in [-0.2, -0.15) is 0 Å². The molecule has 6 nitrogen and oxygen atoms in total. The standard InChI is InChI=1S/C9H17Cl3N2O4Si/c1-19(2,3)5-4-17-7(15)13-14-8(16)18-6-9(10,11)12/h4-6H2,1-3H3,(H,13,15)(H,14,16). The van der Waals surface area contributed by atoms with Gasteiger partial charge in [0.1, 0.15) is 6.61 Å². The lowest BCUT2D eigenvalue weighted by atomic mass is 10.8. The van der Waals surface area contributed by atoms with Gasteiger partial charge in [-0.1, -0.05) is 54.4 Å². The molecule has 0 aromatic carbocycles. The molecule has 0 saturated heterocycles. The highest BCUT2D eigenvalue weighted by atomic mass is 35.6. The molecule has 0 aliphatic heterocycles. The Morgan fingerprint density at radius 1 is 1.05 bits per heavy atom. The summed E-state index contributed by atoms with van der Waals surface area (Å²) < 4.78 is 7.66. The minimum Gasteiger partial charge on any atom is -0.449 e. The van der Waals surface area contributed by atoms with Crippen molar-refractivity contribution in [2.75, 3.05) is 13.2 Å². The van der Waals surface area contributed by atoms with Crippen LogP contribution in [0.5, 0.6) is 0 Å². The molecule has 19 heavy (non-hydrogen) atoms. The number of rotatable bonds is 4. The van der Waals surface area contributed by atoms with Crippen LogP contribution >= 0.6 is 34.8 Å². The third-order valence-electron chi connectivity index (χ3n) is 1.72. The lowest BCUT2D eigenvalue weighted by Crippen LogP contribution is -2.43. The van der Waals surface area contributed by atoms with Gasteiger partial charge in [0.15, 0.2) is 0 Å². The van der Waals surface area contributed by atoms with Crippen molar-refractivity contribution in [1.82, 2.24) is 10.9 Å². The van der Waals surface area contributed by atoms with Gasteiger partial charge in [0.25, 0.3) is 0 Å². The van der Waals surface area contributed by atoms with Gasteiger partial charge >= 0.3 is 12.2 Å². The van der Waals surface area contributed by atoms with Crippen LogP contribution in [0.3, 0.4) is 0 Å². The lowest BCUT2D eigenvalue weighted by molar-refractivity contribution is 0.128. The molecule has 2 amide bonds. The van der Waals surface area contributed by atoms with Crippen molar-refractivity contribution in [2.24, 2.45) is 0 Å². The van der Waals surface area contributed by atoms with Crippen LogP contribution in [0, 0.1) is 0 Å². The SMILES string of the molecule is C[Si](C)(C)CCOC(=O)NNC(=O)OCC(Cl)(Cl)Cl. The first-order chi connectivity index (χ1) is 8.49. The summed E-state index contributed by atoms with van der Waals surface area (Å²) in [6.45, 7) is 6.32. The Morgan fingerprint density at radius 2 is 1.53 bits per heavy atom. The molecule has 0 aromatic rings. The van der Waals surface area contributed by atoms with Crippen LogP contribution < -0.4 is 10.9 Å². The van der Waals surface area contributed by atoms with Crippen LogP contribution in [0.1, 0.15) is 0 Å². The normalized spacial score (nSPS) is 11.7. The molecular weight excluding hydrogens is 335 g/mol. The van der Waals surface area contributed by atoms with E-state index in [4.69, 9.17) is 39.5 Å². The van der Waals surface area contributed by atoms with Gasteiger partial charge in [-0.05, 0) is 6.04 Å². The summed E-state index contributed by atoms with van der Waals surface area (Å²) in [5.41, 5.74) is 3.96. The maximum absolute atomic E-state index is 11.2. The number of carbonyl (C=O) groups excluding carboxylic acids is 2. The van der Waals surface area contributed by atoms with E-state index in [0.29, 0.717) is 6.61 Å². The molecule has 0 atom stereocenters. The van der Waals surface area contributed by atoms with E-state index in [1.54, 1.807) is 0 Å². The fourth-order valence-corrected chi connectivity index (χ4v) is 1.65. The van der Waals surface area contributed by atoms with Crippen molar-refractivity contribution in [3.05, 3.63) is 0 Å². The summed E-state index contributed by atoms with van der Waals surface area (Å²) in [4.78, 5) is 22.2. The quantitative estimate of drug-likeness (QED) is 0.463. The molecule has 0 bridgehead atoms. The molecule has 10 heteroatoms. The average molecular weight is 352 g/mol. The summed E-state index contributed by atoms with van der Waals surface area (Å²) in [6.07, 6.45) is -1.72. The van der Waals surface area contributed by atoms with Crippen molar-refractivity contribution < 1.29 is 19.1 Å². The van der Waals surface area contributed by atoms with Gasteiger partial charge in [-0.3, -0.25) is 0 Å². The number of hydrazine groups is 1. The van der Waals surface area contributed by atoms with E-state index in [9.17, 15) is 9.59 Å². The van der Waals surface area contributed by atoms with Crippen molar-refractivity contribution in [1.29, 1.82) is 0 Å². The second-order valence-electron chi connectivity index (χ2n) is 4.89. The number of carbonyl (C=O) groups is 2. The predicted molar refractivity (Wildman–Crippen MR) is 77.4 cm³/mol. The van der Waals surface area contributed by atoms with E-state index in [-0.39, 0.29) is 0 Å². The Kier molecular flexibility index (Phi) is 7.88. The van der Waals surface area contributed by atoms with Gasteiger partial charge in [0.2, 0.25) is 3.79 Å². The summed E-state index contributed by atoms with van der Waals surface area (Å²) in [5.74, 6) is 0. The summed E-state index contributed by atoms with van der Waals surface area (Å²) in [6, 6.07) is 0.831. The largest absolute Gasteiger partial charge is 0.449 e. The molecule has 0 aliphatic rings. The van der Waals surface area contributed by atoms with Gasteiger partial charge in [0.05, 0.1) is 6.61 Å². The zero-order valence-corrected chi connectivity index (χ0v) is 14.2. The molecule has 0 rings (SSSR count). The minimum atomic E-state index is -1.70. The number of hydrogen-bond acceptors (Lipinski definition) is 4. The number of alkyl halides is 3. The molecule has 0 aromatic heterocycles. The first kappa shape index (κ1) is 18.6. The Balaban J connectivity index is 3.70. The first-order valence-electron chi connectivity index (χ1n) is 5.42. The van der Waals surface area contributed by atoms with Gasteiger partial charge < -0.3 is 9.47 Å². The Labute approximate surface area is 128 Å². The van der Waals surface area contributed by atoms with Crippen molar-refractivity contribution >= 4 is 55.1 Å². The zero-order chi connectivity index (χ0) is 15.1. The van der Waals surface area contributed by atoms with Gasteiger partial charge in [-0.25, -0.2) is 20.4 Å². The second kappa shape index (κ2) is 8.03. The molecule has 0 heterocycles. The fraction of sp³-hybridized carbons (Fsp3) is 0.778. The van der Waals surface area contributed by atoms with E-state index < -0.39 is 30.7 Å². The Bertz CT molecular complexity index is 318. The number of hydrogen-bond donors (Lipinski definition) is 2. The average Bonchev–Trinajstić information content (AvgIpc) is 2.20. The Morgan fingerprint density at radius 3 is 1.95 bits per heavy atom. The minimum absolute atomic E-state index is 0.298. The molecule has 0 fully saturated rings. The Hall–Kier alpha value is -0.373.